The van der Waals surface area contributed by atoms with E-state index in [4.69, 9.17) is 9.15 Å². The van der Waals surface area contributed by atoms with Gasteiger partial charge >= 0.3 is 0 Å². The highest BCUT2D eigenvalue weighted by molar-refractivity contribution is 5.58. The van der Waals surface area contributed by atoms with Gasteiger partial charge in [0, 0.05) is 45.5 Å². The molecule has 0 bridgehead atoms. The van der Waals surface area contributed by atoms with Gasteiger partial charge in [0.15, 0.2) is 0 Å². The lowest BCUT2D eigenvalue weighted by molar-refractivity contribution is 0.192. The molecule has 21 heavy (non-hydrogen) atoms. The van der Waals surface area contributed by atoms with Crippen LogP contribution in [0.4, 0.5) is 5.69 Å². The fourth-order valence-electron chi connectivity index (χ4n) is 2.18. The Hall–Kier alpha value is -1.81. The summed E-state index contributed by atoms with van der Waals surface area (Å²) in [6.07, 6.45) is 6.14. The van der Waals surface area contributed by atoms with Gasteiger partial charge < -0.3 is 14.1 Å². The second-order valence-corrected chi connectivity index (χ2v) is 5.38. The van der Waals surface area contributed by atoms with Gasteiger partial charge in [-0.15, -0.1) is 0 Å². The molecule has 1 heterocycles. The molecule has 0 fully saturated rings. The van der Waals surface area contributed by atoms with Crippen molar-refractivity contribution in [2.75, 3.05) is 32.7 Å². The van der Waals surface area contributed by atoms with Gasteiger partial charge in [-0.1, -0.05) is 6.42 Å². The number of ether oxygens (including phenoxy) is 1. The molecule has 0 saturated heterocycles. The number of nitrogens with zero attached hydrogens (tertiary/aromatic N) is 2. The van der Waals surface area contributed by atoms with Gasteiger partial charge in [-0.05, 0) is 37.1 Å². The monoisotopic (exact) mass is 288 g/mol. The number of aromatic nitrogens is 1. The maximum absolute atomic E-state index is 5.82. The minimum absolute atomic E-state index is 0.701. The molecule has 0 atom stereocenters. The third-order valence-electron chi connectivity index (χ3n) is 3.46. The van der Waals surface area contributed by atoms with E-state index in [9.17, 15) is 0 Å². The van der Waals surface area contributed by atoms with Crippen LogP contribution >= 0.6 is 0 Å². The highest BCUT2D eigenvalue weighted by Crippen LogP contribution is 2.22. The zero-order valence-corrected chi connectivity index (χ0v) is 13.1. The van der Waals surface area contributed by atoms with Crippen LogP contribution in [0.25, 0.3) is 11.5 Å². The van der Waals surface area contributed by atoms with Crippen LogP contribution in [-0.4, -0.2) is 32.8 Å². The predicted molar refractivity (Wildman–Crippen MR) is 85.7 cm³/mol. The van der Waals surface area contributed by atoms with E-state index in [0.717, 1.165) is 43.6 Å². The fraction of sp³-hybridized carbons (Fsp3) is 0.471. The molecular formula is C17H24N2O2. The van der Waals surface area contributed by atoms with Gasteiger partial charge in [0.05, 0.1) is 6.20 Å². The second-order valence-electron chi connectivity index (χ2n) is 5.38. The number of anilines is 1. The third-order valence-corrected chi connectivity index (χ3v) is 3.46. The second kappa shape index (κ2) is 7.84. The van der Waals surface area contributed by atoms with Crippen molar-refractivity contribution in [2.24, 2.45) is 0 Å². The third kappa shape index (κ3) is 4.60. The Morgan fingerprint density at radius 1 is 1.10 bits per heavy atom. The van der Waals surface area contributed by atoms with Crippen LogP contribution in [0.15, 0.2) is 34.9 Å². The first-order chi connectivity index (χ1) is 10.2. The minimum Gasteiger partial charge on any atom is -0.441 e. The SMILES string of the molecule is COCCCCCc1cnc(-c2ccc(N(C)C)cc2)o1. The molecule has 0 radical (unpaired) electrons. The lowest BCUT2D eigenvalue weighted by Gasteiger charge is -2.11. The van der Waals surface area contributed by atoms with E-state index in [1.807, 2.05) is 32.4 Å². The summed E-state index contributed by atoms with van der Waals surface area (Å²) >= 11 is 0. The lowest BCUT2D eigenvalue weighted by Crippen LogP contribution is -2.07. The number of oxazole rings is 1. The van der Waals surface area contributed by atoms with E-state index in [-0.39, 0.29) is 0 Å². The van der Waals surface area contributed by atoms with Gasteiger partial charge in [-0.2, -0.15) is 0 Å². The summed E-state index contributed by atoms with van der Waals surface area (Å²) in [7, 11) is 5.80. The molecule has 114 valence electrons. The average molecular weight is 288 g/mol. The number of benzene rings is 1. The zero-order valence-electron chi connectivity index (χ0n) is 13.1. The summed E-state index contributed by atoms with van der Waals surface area (Å²) < 4.78 is 10.9. The molecule has 0 amide bonds. The van der Waals surface area contributed by atoms with Crippen LogP contribution in [0.5, 0.6) is 0 Å². The van der Waals surface area contributed by atoms with E-state index in [1.165, 1.54) is 5.69 Å². The van der Waals surface area contributed by atoms with Crippen molar-refractivity contribution < 1.29 is 9.15 Å². The van der Waals surface area contributed by atoms with E-state index in [1.54, 1.807) is 7.11 Å². The van der Waals surface area contributed by atoms with Gasteiger partial charge in [-0.3, -0.25) is 0 Å². The van der Waals surface area contributed by atoms with Crippen molar-refractivity contribution in [3.8, 4) is 11.5 Å². The first kappa shape index (κ1) is 15.6. The first-order valence-electron chi connectivity index (χ1n) is 7.42. The Labute approximate surface area is 126 Å². The summed E-state index contributed by atoms with van der Waals surface area (Å²) in [6, 6.07) is 8.24. The number of aryl methyl sites for hydroxylation is 1. The Bertz CT molecular complexity index is 532. The first-order valence-corrected chi connectivity index (χ1v) is 7.42. The van der Waals surface area contributed by atoms with Crippen LogP contribution in [0, 0.1) is 0 Å². The topological polar surface area (TPSA) is 38.5 Å². The van der Waals surface area contributed by atoms with Crippen LogP contribution in [0.2, 0.25) is 0 Å². The molecule has 1 aromatic heterocycles. The standard InChI is InChI=1S/C17H24N2O2/c1-19(2)15-10-8-14(9-11-15)17-18-13-16(21-17)7-5-4-6-12-20-3/h8-11,13H,4-7,12H2,1-3H3. The quantitative estimate of drug-likeness (QED) is 0.693. The van der Waals surface area contributed by atoms with Crippen LogP contribution in [0.1, 0.15) is 25.0 Å². The van der Waals surface area contributed by atoms with Crippen molar-refractivity contribution in [2.45, 2.75) is 25.7 Å². The number of unbranched alkanes of at least 4 members (excludes halogenated alkanes) is 2. The maximum atomic E-state index is 5.82. The number of hydrogen-bond acceptors (Lipinski definition) is 4. The maximum Gasteiger partial charge on any atom is 0.226 e. The lowest BCUT2D eigenvalue weighted by atomic mass is 10.2. The van der Waals surface area contributed by atoms with E-state index < -0.39 is 0 Å². The highest BCUT2D eigenvalue weighted by Gasteiger charge is 2.07. The molecule has 0 N–H and O–H groups in total. The molecular weight excluding hydrogens is 264 g/mol. The molecule has 0 spiro atoms. The molecule has 0 unspecified atom stereocenters. The Morgan fingerprint density at radius 3 is 2.52 bits per heavy atom. The molecule has 0 aliphatic rings. The smallest absolute Gasteiger partial charge is 0.226 e. The van der Waals surface area contributed by atoms with Crippen molar-refractivity contribution >= 4 is 5.69 Å². The molecule has 4 nitrogen and oxygen atoms in total. The van der Waals surface area contributed by atoms with Crippen molar-refractivity contribution in [1.29, 1.82) is 0 Å². The van der Waals surface area contributed by atoms with Crippen molar-refractivity contribution in [3.05, 3.63) is 36.2 Å². The molecule has 0 aliphatic heterocycles. The molecule has 1 aromatic carbocycles. The predicted octanol–water partition coefficient (Wildman–Crippen LogP) is 3.77. The van der Waals surface area contributed by atoms with E-state index in [0.29, 0.717) is 5.89 Å². The average Bonchev–Trinajstić information content (AvgIpc) is 2.96. The summed E-state index contributed by atoms with van der Waals surface area (Å²) in [4.78, 5) is 6.45. The summed E-state index contributed by atoms with van der Waals surface area (Å²) in [6.45, 7) is 0.833. The van der Waals surface area contributed by atoms with Gasteiger partial charge in [0.2, 0.25) is 5.89 Å². The number of hydrogen-bond donors (Lipinski definition) is 0. The molecule has 2 rings (SSSR count). The van der Waals surface area contributed by atoms with Gasteiger partial charge in [0.1, 0.15) is 5.76 Å². The fourth-order valence-corrected chi connectivity index (χ4v) is 2.18. The highest BCUT2D eigenvalue weighted by atomic mass is 16.5. The van der Waals surface area contributed by atoms with Gasteiger partial charge in [0.25, 0.3) is 0 Å². The summed E-state index contributed by atoms with van der Waals surface area (Å²) in [5.74, 6) is 1.66. The van der Waals surface area contributed by atoms with Crippen LogP contribution in [-0.2, 0) is 11.2 Å². The molecule has 2 aromatic rings. The molecule has 4 heteroatoms. The largest absolute Gasteiger partial charge is 0.441 e. The Balaban J connectivity index is 1.90. The molecule has 0 aliphatic carbocycles. The molecule has 0 saturated carbocycles. The Kier molecular flexibility index (Phi) is 5.81. The van der Waals surface area contributed by atoms with Crippen LogP contribution in [0.3, 0.4) is 0 Å². The van der Waals surface area contributed by atoms with E-state index in [2.05, 4.69) is 22.0 Å². The van der Waals surface area contributed by atoms with Crippen molar-refractivity contribution in [3.63, 3.8) is 0 Å². The minimum atomic E-state index is 0.701. The normalized spacial score (nSPS) is 10.8. The summed E-state index contributed by atoms with van der Waals surface area (Å²) in [5.41, 5.74) is 2.19. The van der Waals surface area contributed by atoms with Gasteiger partial charge in [-0.25, -0.2) is 4.98 Å². The number of rotatable bonds is 8. The Morgan fingerprint density at radius 2 is 1.86 bits per heavy atom. The van der Waals surface area contributed by atoms with Crippen molar-refractivity contribution in [1.82, 2.24) is 4.98 Å². The number of methoxy groups -OCH3 is 1. The van der Waals surface area contributed by atoms with E-state index >= 15 is 0 Å². The van der Waals surface area contributed by atoms with Crippen LogP contribution < -0.4 is 4.90 Å². The summed E-state index contributed by atoms with van der Waals surface area (Å²) in [5, 5.41) is 0. The zero-order chi connectivity index (χ0) is 15.1.